The van der Waals surface area contributed by atoms with Crippen molar-refractivity contribution in [1.29, 1.82) is 0 Å². The second kappa shape index (κ2) is 9.52. The van der Waals surface area contributed by atoms with Gasteiger partial charge in [-0.1, -0.05) is 30.3 Å². The van der Waals surface area contributed by atoms with Gasteiger partial charge in [-0.3, -0.25) is 0 Å². The van der Waals surface area contributed by atoms with E-state index in [1.54, 1.807) is 7.11 Å². The largest absolute Gasteiger partial charge is 0.493 e. The van der Waals surface area contributed by atoms with E-state index in [9.17, 15) is 5.11 Å². The molecule has 0 saturated heterocycles. The lowest BCUT2D eigenvalue weighted by molar-refractivity contribution is 0.105. The van der Waals surface area contributed by atoms with Gasteiger partial charge in [0.05, 0.1) is 12.6 Å². The van der Waals surface area contributed by atoms with Gasteiger partial charge < -0.3 is 29.6 Å². The molecule has 3 aromatic carbocycles. The number of methoxy groups -OCH3 is 1. The molecule has 0 aliphatic rings. The lowest BCUT2D eigenvalue weighted by Crippen LogP contribution is -2.33. The van der Waals surface area contributed by atoms with Gasteiger partial charge in [0.2, 0.25) is 0 Å². The highest BCUT2D eigenvalue weighted by Crippen LogP contribution is 2.28. The van der Waals surface area contributed by atoms with Gasteiger partial charge in [-0.15, -0.1) is 0 Å². The molecule has 156 valence electrons. The van der Waals surface area contributed by atoms with Crippen molar-refractivity contribution < 1.29 is 19.3 Å². The standard InChI is InChI=1S/C24H26N2O4/c1-28-23-8-4-5-9-24(23)29-13-12-25-15-17(27)16-30-18-10-11-20-19-6-2-3-7-21(19)26-22(20)14-18/h2-11,14,17,25-27H,12-13,15-16H2,1H3. The Morgan fingerprint density at radius 3 is 2.53 bits per heavy atom. The molecule has 6 nitrogen and oxygen atoms in total. The fraction of sp³-hybridized carbons (Fsp3) is 0.250. The van der Waals surface area contributed by atoms with Gasteiger partial charge in [-0.25, -0.2) is 0 Å². The summed E-state index contributed by atoms with van der Waals surface area (Å²) in [7, 11) is 1.62. The van der Waals surface area contributed by atoms with Crippen LogP contribution in [0.15, 0.2) is 66.7 Å². The lowest BCUT2D eigenvalue weighted by atomic mass is 10.1. The van der Waals surface area contributed by atoms with Crippen molar-refractivity contribution in [3.8, 4) is 17.2 Å². The van der Waals surface area contributed by atoms with Crippen molar-refractivity contribution in [2.75, 3.05) is 33.4 Å². The van der Waals surface area contributed by atoms with Gasteiger partial charge in [0.1, 0.15) is 25.1 Å². The Balaban J connectivity index is 1.21. The number of nitrogens with one attached hydrogen (secondary N) is 2. The summed E-state index contributed by atoms with van der Waals surface area (Å²) >= 11 is 0. The Morgan fingerprint density at radius 1 is 0.900 bits per heavy atom. The Labute approximate surface area is 175 Å². The average molecular weight is 406 g/mol. The van der Waals surface area contributed by atoms with E-state index in [4.69, 9.17) is 14.2 Å². The fourth-order valence-electron chi connectivity index (χ4n) is 3.41. The van der Waals surface area contributed by atoms with Gasteiger partial charge in [0, 0.05) is 35.4 Å². The molecule has 0 spiro atoms. The third kappa shape index (κ3) is 4.67. The number of H-pyrrole nitrogens is 1. The molecular weight excluding hydrogens is 380 g/mol. The minimum Gasteiger partial charge on any atom is -0.493 e. The highest BCUT2D eigenvalue weighted by molar-refractivity contribution is 6.07. The van der Waals surface area contributed by atoms with Gasteiger partial charge in [-0.2, -0.15) is 0 Å². The molecule has 0 fully saturated rings. The number of hydrogen-bond donors (Lipinski definition) is 3. The smallest absolute Gasteiger partial charge is 0.161 e. The van der Waals surface area contributed by atoms with Crippen LogP contribution in [-0.4, -0.2) is 49.6 Å². The van der Waals surface area contributed by atoms with E-state index in [-0.39, 0.29) is 6.61 Å². The summed E-state index contributed by atoms with van der Waals surface area (Å²) in [6.45, 7) is 1.72. The highest BCUT2D eigenvalue weighted by Gasteiger charge is 2.08. The van der Waals surface area contributed by atoms with Gasteiger partial charge in [0.25, 0.3) is 0 Å². The van der Waals surface area contributed by atoms with Crippen molar-refractivity contribution >= 4 is 21.8 Å². The van der Waals surface area contributed by atoms with E-state index in [0.29, 0.717) is 31.2 Å². The Kier molecular flexibility index (Phi) is 6.37. The third-order valence-electron chi connectivity index (χ3n) is 4.91. The van der Waals surface area contributed by atoms with Crippen LogP contribution in [0.1, 0.15) is 0 Å². The predicted octanol–water partition coefficient (Wildman–Crippen LogP) is 3.74. The number of aromatic amines is 1. The molecule has 0 radical (unpaired) electrons. The molecule has 6 heteroatoms. The van der Waals surface area contributed by atoms with E-state index < -0.39 is 6.10 Å². The first-order chi connectivity index (χ1) is 14.7. The molecule has 4 aromatic rings. The van der Waals surface area contributed by atoms with Crippen LogP contribution in [-0.2, 0) is 0 Å². The van der Waals surface area contributed by atoms with Crippen molar-refractivity contribution in [3.63, 3.8) is 0 Å². The monoisotopic (exact) mass is 406 g/mol. The van der Waals surface area contributed by atoms with Crippen molar-refractivity contribution in [3.05, 3.63) is 66.7 Å². The zero-order chi connectivity index (χ0) is 20.8. The zero-order valence-electron chi connectivity index (χ0n) is 16.9. The van der Waals surface area contributed by atoms with E-state index in [1.807, 2.05) is 54.6 Å². The molecule has 0 amide bonds. The summed E-state index contributed by atoms with van der Waals surface area (Å²) < 4.78 is 16.7. The number of benzene rings is 3. The SMILES string of the molecule is COc1ccccc1OCCNCC(O)COc1ccc2c(c1)[nH]c1ccccc12. The Hall–Kier alpha value is -3.22. The Bertz CT molecular complexity index is 1110. The number of para-hydroxylation sites is 3. The molecule has 4 rings (SSSR count). The molecule has 0 bridgehead atoms. The van der Waals surface area contributed by atoms with Gasteiger partial charge >= 0.3 is 0 Å². The maximum Gasteiger partial charge on any atom is 0.161 e. The van der Waals surface area contributed by atoms with E-state index in [0.717, 1.165) is 22.2 Å². The summed E-state index contributed by atoms with van der Waals surface area (Å²) in [5, 5.41) is 15.7. The number of aliphatic hydroxyl groups is 1. The Morgan fingerprint density at radius 2 is 1.67 bits per heavy atom. The lowest BCUT2D eigenvalue weighted by Gasteiger charge is -2.14. The number of ether oxygens (including phenoxy) is 3. The van der Waals surface area contributed by atoms with Gasteiger partial charge in [0.15, 0.2) is 11.5 Å². The zero-order valence-corrected chi connectivity index (χ0v) is 16.9. The summed E-state index contributed by atoms with van der Waals surface area (Å²) in [6, 6.07) is 21.7. The molecule has 1 unspecified atom stereocenters. The number of hydrogen-bond acceptors (Lipinski definition) is 5. The molecule has 0 saturated carbocycles. The second-order valence-corrected chi connectivity index (χ2v) is 7.05. The first kappa shape index (κ1) is 20.1. The van der Waals surface area contributed by atoms with E-state index >= 15 is 0 Å². The number of rotatable bonds is 10. The van der Waals surface area contributed by atoms with Crippen LogP contribution in [0, 0.1) is 0 Å². The van der Waals surface area contributed by atoms with Crippen LogP contribution in [0.5, 0.6) is 17.2 Å². The van der Waals surface area contributed by atoms with Crippen LogP contribution < -0.4 is 19.5 Å². The summed E-state index contributed by atoms with van der Waals surface area (Å²) in [5.74, 6) is 2.14. The first-order valence-corrected chi connectivity index (χ1v) is 10.0. The minimum absolute atomic E-state index is 0.214. The van der Waals surface area contributed by atoms with E-state index in [2.05, 4.69) is 22.4 Å². The number of aliphatic hydroxyl groups excluding tert-OH is 1. The number of aromatic nitrogens is 1. The summed E-state index contributed by atoms with van der Waals surface area (Å²) in [4.78, 5) is 3.40. The minimum atomic E-state index is -0.616. The predicted molar refractivity (Wildman–Crippen MR) is 119 cm³/mol. The third-order valence-corrected chi connectivity index (χ3v) is 4.91. The van der Waals surface area contributed by atoms with Crippen LogP contribution >= 0.6 is 0 Å². The highest BCUT2D eigenvalue weighted by atomic mass is 16.5. The van der Waals surface area contributed by atoms with Crippen LogP contribution in [0.2, 0.25) is 0 Å². The van der Waals surface area contributed by atoms with Crippen LogP contribution in [0.3, 0.4) is 0 Å². The van der Waals surface area contributed by atoms with Crippen molar-refractivity contribution in [2.24, 2.45) is 0 Å². The first-order valence-electron chi connectivity index (χ1n) is 10.0. The normalized spacial score (nSPS) is 12.2. The molecule has 1 atom stereocenters. The number of fused-ring (bicyclic) bond motifs is 3. The quantitative estimate of drug-likeness (QED) is 0.350. The van der Waals surface area contributed by atoms with E-state index in [1.165, 1.54) is 5.39 Å². The molecule has 0 aliphatic carbocycles. The second-order valence-electron chi connectivity index (χ2n) is 7.05. The molecule has 1 heterocycles. The molecule has 0 aliphatic heterocycles. The maximum atomic E-state index is 10.2. The average Bonchev–Trinajstić information content (AvgIpc) is 3.15. The molecule has 30 heavy (non-hydrogen) atoms. The van der Waals surface area contributed by atoms with Crippen molar-refractivity contribution in [1.82, 2.24) is 10.3 Å². The molecule has 1 aromatic heterocycles. The van der Waals surface area contributed by atoms with Crippen LogP contribution in [0.4, 0.5) is 0 Å². The van der Waals surface area contributed by atoms with Gasteiger partial charge in [-0.05, 0) is 30.3 Å². The van der Waals surface area contributed by atoms with Crippen LogP contribution in [0.25, 0.3) is 21.8 Å². The summed E-state index contributed by atoms with van der Waals surface area (Å²) in [6.07, 6.45) is -0.616. The molecule has 3 N–H and O–H groups in total. The van der Waals surface area contributed by atoms with Crippen molar-refractivity contribution in [2.45, 2.75) is 6.10 Å². The summed E-state index contributed by atoms with van der Waals surface area (Å²) in [5.41, 5.74) is 2.12. The molecular formula is C24H26N2O4. The topological polar surface area (TPSA) is 75.7 Å². The fourth-order valence-corrected chi connectivity index (χ4v) is 3.41. The maximum absolute atomic E-state index is 10.2.